The maximum absolute atomic E-state index is 13.7. The van der Waals surface area contributed by atoms with E-state index in [1.54, 1.807) is 43.3 Å². The Morgan fingerprint density at radius 1 is 1.12 bits per heavy atom. The van der Waals surface area contributed by atoms with Gasteiger partial charge in [0, 0.05) is 49.1 Å². The molecule has 166 valence electrons. The van der Waals surface area contributed by atoms with Gasteiger partial charge in [0.1, 0.15) is 29.0 Å². The zero-order chi connectivity index (χ0) is 22.9. The van der Waals surface area contributed by atoms with Gasteiger partial charge < -0.3 is 15.8 Å². The molecule has 1 aliphatic heterocycles. The number of aromatic nitrogens is 4. The minimum absolute atomic E-state index is 0.272. The first-order valence-electron chi connectivity index (χ1n) is 10.1. The SMILES string of the molecule is Cn1c(-c2cc(F)ccc2N)ncc(-c2ccc(Oc3ccnc4c3SCCN4)cn2)c1=O. The minimum atomic E-state index is -0.459. The van der Waals surface area contributed by atoms with Gasteiger partial charge in [-0.1, -0.05) is 0 Å². The number of thioether (sulfide) groups is 1. The third-order valence-corrected chi connectivity index (χ3v) is 6.27. The maximum atomic E-state index is 13.7. The molecule has 0 radical (unpaired) electrons. The van der Waals surface area contributed by atoms with Crippen molar-refractivity contribution in [2.45, 2.75) is 4.90 Å². The molecule has 0 amide bonds. The van der Waals surface area contributed by atoms with Gasteiger partial charge in [-0.25, -0.2) is 14.4 Å². The average molecular weight is 463 g/mol. The van der Waals surface area contributed by atoms with E-state index >= 15 is 0 Å². The van der Waals surface area contributed by atoms with Crippen molar-refractivity contribution in [3.05, 3.63) is 71.2 Å². The molecule has 8 nitrogen and oxygen atoms in total. The quantitative estimate of drug-likeness (QED) is 0.439. The van der Waals surface area contributed by atoms with E-state index in [0.29, 0.717) is 34.0 Å². The number of pyridine rings is 2. The first kappa shape index (κ1) is 21.0. The van der Waals surface area contributed by atoms with Crippen molar-refractivity contribution in [3.8, 4) is 34.1 Å². The summed E-state index contributed by atoms with van der Waals surface area (Å²) in [6.07, 6.45) is 4.67. The molecule has 33 heavy (non-hydrogen) atoms. The van der Waals surface area contributed by atoms with Crippen molar-refractivity contribution >= 4 is 23.3 Å². The van der Waals surface area contributed by atoms with Crippen LogP contribution in [0.3, 0.4) is 0 Å². The molecule has 1 aliphatic rings. The summed E-state index contributed by atoms with van der Waals surface area (Å²) in [7, 11) is 1.56. The van der Waals surface area contributed by atoms with E-state index in [1.807, 2.05) is 6.07 Å². The van der Waals surface area contributed by atoms with Crippen LogP contribution in [0.25, 0.3) is 22.6 Å². The summed E-state index contributed by atoms with van der Waals surface area (Å²) in [5.74, 6) is 2.78. The van der Waals surface area contributed by atoms with Crippen LogP contribution in [-0.2, 0) is 7.05 Å². The van der Waals surface area contributed by atoms with E-state index in [9.17, 15) is 9.18 Å². The molecule has 1 aromatic carbocycles. The van der Waals surface area contributed by atoms with E-state index in [1.165, 1.54) is 29.0 Å². The topological polar surface area (TPSA) is 108 Å². The van der Waals surface area contributed by atoms with Crippen LogP contribution in [0.4, 0.5) is 15.9 Å². The molecule has 0 spiro atoms. The lowest BCUT2D eigenvalue weighted by molar-refractivity contribution is 0.468. The summed E-state index contributed by atoms with van der Waals surface area (Å²) in [4.78, 5) is 27.0. The van der Waals surface area contributed by atoms with Crippen LogP contribution >= 0.6 is 11.8 Å². The van der Waals surface area contributed by atoms with Crippen molar-refractivity contribution in [3.63, 3.8) is 0 Å². The Balaban J connectivity index is 1.44. The number of hydrogen-bond donors (Lipinski definition) is 2. The fourth-order valence-electron chi connectivity index (χ4n) is 3.52. The summed E-state index contributed by atoms with van der Waals surface area (Å²) >= 11 is 1.68. The van der Waals surface area contributed by atoms with Crippen LogP contribution in [0.1, 0.15) is 0 Å². The smallest absolute Gasteiger partial charge is 0.262 e. The molecule has 4 aromatic rings. The summed E-state index contributed by atoms with van der Waals surface area (Å²) in [6.45, 7) is 0.859. The van der Waals surface area contributed by atoms with Crippen molar-refractivity contribution < 1.29 is 9.13 Å². The fraction of sp³-hybridized carbons (Fsp3) is 0.130. The molecule has 0 aliphatic carbocycles. The van der Waals surface area contributed by atoms with Gasteiger partial charge in [0.25, 0.3) is 5.56 Å². The number of fused-ring (bicyclic) bond motifs is 1. The van der Waals surface area contributed by atoms with Crippen LogP contribution in [0.15, 0.2) is 64.7 Å². The van der Waals surface area contributed by atoms with Gasteiger partial charge in [0.15, 0.2) is 0 Å². The second-order valence-corrected chi connectivity index (χ2v) is 8.44. The molecule has 0 saturated heterocycles. The number of nitrogens with two attached hydrogens (primary N) is 1. The lowest BCUT2D eigenvalue weighted by Crippen LogP contribution is -2.22. The summed E-state index contributed by atoms with van der Waals surface area (Å²) in [5.41, 5.74) is 7.07. The van der Waals surface area contributed by atoms with Gasteiger partial charge >= 0.3 is 0 Å². The number of benzene rings is 1. The lowest BCUT2D eigenvalue weighted by atomic mass is 10.1. The standard InChI is InChI=1S/C23H19FN6O2S/c1-30-22(15-10-13(24)2-4-17(15)25)29-12-16(23(30)31)18-5-3-14(11-28-18)32-19-6-7-26-21-20(19)33-9-8-27-21/h2-7,10-12H,8-9,25H2,1H3,(H,26,27). The highest BCUT2D eigenvalue weighted by Gasteiger charge is 2.17. The predicted molar refractivity (Wildman–Crippen MR) is 126 cm³/mol. The Labute approximate surface area is 192 Å². The monoisotopic (exact) mass is 462 g/mol. The van der Waals surface area contributed by atoms with Gasteiger partial charge in [0.2, 0.25) is 0 Å². The van der Waals surface area contributed by atoms with E-state index in [2.05, 4.69) is 20.3 Å². The normalized spacial score (nSPS) is 12.7. The molecule has 10 heteroatoms. The Hall–Kier alpha value is -3.92. The van der Waals surface area contributed by atoms with E-state index in [4.69, 9.17) is 10.5 Å². The maximum Gasteiger partial charge on any atom is 0.262 e. The number of rotatable bonds is 4. The molecule has 3 aromatic heterocycles. The molecule has 0 unspecified atom stereocenters. The predicted octanol–water partition coefficient (Wildman–Crippen LogP) is 3.94. The van der Waals surface area contributed by atoms with E-state index in [-0.39, 0.29) is 11.4 Å². The van der Waals surface area contributed by atoms with Gasteiger partial charge in [0.05, 0.1) is 22.3 Å². The third-order valence-electron chi connectivity index (χ3n) is 5.17. The largest absolute Gasteiger partial charge is 0.454 e. The van der Waals surface area contributed by atoms with Crippen LogP contribution < -0.4 is 21.3 Å². The number of nitrogen functional groups attached to an aromatic ring is 1. The first-order valence-corrected chi connectivity index (χ1v) is 11.1. The van der Waals surface area contributed by atoms with Crippen LogP contribution in [-0.4, -0.2) is 31.8 Å². The zero-order valence-electron chi connectivity index (χ0n) is 17.6. The number of ether oxygens (including phenoxy) is 1. The second kappa shape index (κ2) is 8.55. The number of halogens is 1. The minimum Gasteiger partial charge on any atom is -0.454 e. The highest BCUT2D eigenvalue weighted by atomic mass is 32.2. The molecule has 0 saturated carbocycles. The van der Waals surface area contributed by atoms with Crippen LogP contribution in [0, 0.1) is 5.82 Å². The fourth-order valence-corrected chi connectivity index (χ4v) is 4.44. The Morgan fingerprint density at radius 2 is 2.00 bits per heavy atom. The van der Waals surface area contributed by atoms with E-state index in [0.717, 1.165) is 23.0 Å². The zero-order valence-corrected chi connectivity index (χ0v) is 18.4. The Kier molecular flexibility index (Phi) is 5.43. The van der Waals surface area contributed by atoms with Gasteiger partial charge in [-0.05, 0) is 30.3 Å². The number of nitrogens with one attached hydrogen (secondary N) is 1. The lowest BCUT2D eigenvalue weighted by Gasteiger charge is -2.19. The summed E-state index contributed by atoms with van der Waals surface area (Å²) in [5, 5.41) is 3.25. The Bertz CT molecular complexity index is 1410. The molecule has 3 N–H and O–H groups in total. The Morgan fingerprint density at radius 3 is 2.82 bits per heavy atom. The highest BCUT2D eigenvalue weighted by molar-refractivity contribution is 7.99. The number of hydrogen-bond acceptors (Lipinski definition) is 8. The third kappa shape index (κ3) is 4.00. The van der Waals surface area contributed by atoms with E-state index < -0.39 is 5.82 Å². The number of anilines is 2. The summed E-state index contributed by atoms with van der Waals surface area (Å²) < 4.78 is 21.0. The molecule has 0 bridgehead atoms. The van der Waals surface area contributed by atoms with Crippen molar-refractivity contribution in [1.82, 2.24) is 19.5 Å². The molecule has 0 fully saturated rings. The summed E-state index contributed by atoms with van der Waals surface area (Å²) in [6, 6.07) is 9.21. The number of nitrogens with zero attached hydrogens (tertiary/aromatic N) is 4. The second-order valence-electron chi connectivity index (χ2n) is 7.33. The van der Waals surface area contributed by atoms with Crippen molar-refractivity contribution in [2.75, 3.05) is 23.3 Å². The highest BCUT2D eigenvalue weighted by Crippen LogP contribution is 2.39. The van der Waals surface area contributed by atoms with Gasteiger partial charge in [-0.15, -0.1) is 11.8 Å². The average Bonchev–Trinajstić information content (AvgIpc) is 2.83. The molecule has 0 atom stereocenters. The van der Waals surface area contributed by atoms with Gasteiger partial charge in [-0.3, -0.25) is 14.3 Å². The first-order chi connectivity index (χ1) is 16.0. The van der Waals surface area contributed by atoms with Crippen LogP contribution in [0.5, 0.6) is 11.5 Å². The molecule has 5 rings (SSSR count). The van der Waals surface area contributed by atoms with Crippen molar-refractivity contribution in [2.24, 2.45) is 7.05 Å². The molecular formula is C23H19FN6O2S. The molecular weight excluding hydrogens is 443 g/mol. The van der Waals surface area contributed by atoms with Crippen molar-refractivity contribution in [1.29, 1.82) is 0 Å². The van der Waals surface area contributed by atoms with Crippen LogP contribution in [0.2, 0.25) is 0 Å². The van der Waals surface area contributed by atoms with Gasteiger partial charge in [-0.2, -0.15) is 0 Å². The molecule has 4 heterocycles.